The molecule has 2 nitrogen and oxygen atoms in total. The van der Waals surface area contributed by atoms with E-state index in [1.54, 1.807) is 6.07 Å². The second-order valence-corrected chi connectivity index (χ2v) is 5.61. The Bertz CT molecular complexity index is 621. The zero-order chi connectivity index (χ0) is 13.3. The third-order valence-electron chi connectivity index (χ3n) is 3.42. The molecule has 0 amide bonds. The first kappa shape index (κ1) is 12.9. The van der Waals surface area contributed by atoms with E-state index in [0.29, 0.717) is 11.0 Å². The normalized spacial score (nSPS) is 12.0. The fourth-order valence-electron chi connectivity index (χ4n) is 2.35. The smallest absolute Gasteiger partial charge is 0.192 e. The predicted molar refractivity (Wildman–Crippen MR) is 75.2 cm³/mol. The van der Waals surface area contributed by atoms with Crippen LogP contribution in [-0.2, 0) is 5.41 Å². The molecule has 1 aromatic carbocycles. The molecule has 18 heavy (non-hydrogen) atoms. The Morgan fingerprint density at radius 2 is 1.94 bits per heavy atom. The van der Waals surface area contributed by atoms with Crippen molar-refractivity contribution in [1.29, 1.82) is 0 Å². The molecule has 0 radical (unpaired) electrons. The molecule has 96 valence electrons. The van der Waals surface area contributed by atoms with E-state index in [-0.39, 0.29) is 10.8 Å². The lowest BCUT2D eigenvalue weighted by atomic mass is 9.85. The summed E-state index contributed by atoms with van der Waals surface area (Å²) in [6.07, 6.45) is 2.08. The third kappa shape index (κ3) is 2.33. The summed E-state index contributed by atoms with van der Waals surface area (Å²) in [7, 11) is 0. The number of fused-ring (bicyclic) bond motifs is 1. The van der Waals surface area contributed by atoms with Gasteiger partial charge in [0.2, 0.25) is 0 Å². The maximum atomic E-state index is 12.1. The molecule has 2 aromatic rings. The van der Waals surface area contributed by atoms with Gasteiger partial charge >= 0.3 is 0 Å². The van der Waals surface area contributed by atoms with E-state index >= 15 is 0 Å². The first-order valence-electron chi connectivity index (χ1n) is 6.49. The van der Waals surface area contributed by atoms with Crippen molar-refractivity contribution in [2.24, 2.45) is 0 Å². The monoisotopic (exact) mass is 244 g/mol. The predicted octanol–water partition coefficient (Wildman–Crippen LogP) is 4.18. The Morgan fingerprint density at radius 1 is 1.22 bits per heavy atom. The number of rotatable bonds is 3. The van der Waals surface area contributed by atoms with Gasteiger partial charge in [0.15, 0.2) is 5.43 Å². The van der Waals surface area contributed by atoms with Crippen molar-refractivity contribution < 1.29 is 4.42 Å². The van der Waals surface area contributed by atoms with Crippen molar-refractivity contribution in [2.75, 3.05) is 0 Å². The summed E-state index contributed by atoms with van der Waals surface area (Å²) in [5, 5.41) is 0.672. The van der Waals surface area contributed by atoms with E-state index in [9.17, 15) is 4.79 Å². The maximum absolute atomic E-state index is 12.1. The van der Waals surface area contributed by atoms with Crippen LogP contribution in [0, 0.1) is 6.92 Å². The van der Waals surface area contributed by atoms with E-state index in [2.05, 4.69) is 20.8 Å². The van der Waals surface area contributed by atoms with Crippen molar-refractivity contribution in [3.63, 3.8) is 0 Å². The standard InChI is InChI=1S/C16H20O2/c1-5-8-16(3,4)15-10-13(17)12-9-11(2)6-7-14(12)18-15/h6-7,9-10H,5,8H2,1-4H3. The first-order chi connectivity index (χ1) is 8.44. The van der Waals surface area contributed by atoms with E-state index in [0.717, 1.165) is 24.2 Å². The first-order valence-corrected chi connectivity index (χ1v) is 6.49. The van der Waals surface area contributed by atoms with Crippen LogP contribution in [0.1, 0.15) is 44.9 Å². The number of hydrogen-bond acceptors (Lipinski definition) is 2. The van der Waals surface area contributed by atoms with Gasteiger partial charge in [-0.15, -0.1) is 0 Å². The van der Waals surface area contributed by atoms with E-state index in [1.165, 1.54) is 0 Å². The van der Waals surface area contributed by atoms with Gasteiger partial charge in [-0.25, -0.2) is 0 Å². The molecule has 1 heterocycles. The number of hydrogen-bond donors (Lipinski definition) is 0. The van der Waals surface area contributed by atoms with Gasteiger partial charge in [0.1, 0.15) is 11.3 Å². The van der Waals surface area contributed by atoms with Crippen molar-refractivity contribution in [3.8, 4) is 0 Å². The molecule has 2 heteroatoms. The van der Waals surface area contributed by atoms with Crippen LogP contribution in [0.25, 0.3) is 11.0 Å². The van der Waals surface area contributed by atoms with E-state index < -0.39 is 0 Å². The van der Waals surface area contributed by atoms with Crippen LogP contribution in [0.4, 0.5) is 0 Å². The van der Waals surface area contributed by atoms with Crippen molar-refractivity contribution in [1.82, 2.24) is 0 Å². The zero-order valence-corrected chi connectivity index (χ0v) is 11.5. The van der Waals surface area contributed by atoms with Gasteiger partial charge < -0.3 is 4.42 Å². The fraction of sp³-hybridized carbons (Fsp3) is 0.438. The van der Waals surface area contributed by atoms with Gasteiger partial charge in [0, 0.05) is 11.5 Å². The summed E-state index contributed by atoms with van der Waals surface area (Å²) in [4.78, 5) is 12.1. The summed E-state index contributed by atoms with van der Waals surface area (Å²) in [5.74, 6) is 0.783. The lowest BCUT2D eigenvalue weighted by Crippen LogP contribution is -2.19. The minimum atomic E-state index is -0.0903. The molecule has 0 saturated heterocycles. The Kier molecular flexibility index (Phi) is 3.29. The molecule has 0 fully saturated rings. The summed E-state index contributed by atoms with van der Waals surface area (Å²) >= 11 is 0. The molecule has 0 bridgehead atoms. The number of aryl methyl sites for hydroxylation is 1. The van der Waals surface area contributed by atoms with Crippen molar-refractivity contribution >= 4 is 11.0 Å². The molecule has 0 saturated carbocycles. The van der Waals surface area contributed by atoms with E-state index in [1.807, 2.05) is 25.1 Å². The van der Waals surface area contributed by atoms with Crippen molar-refractivity contribution in [3.05, 3.63) is 45.8 Å². The van der Waals surface area contributed by atoms with Gasteiger partial charge in [-0.1, -0.05) is 38.8 Å². The lowest BCUT2D eigenvalue weighted by Gasteiger charge is -2.22. The molecular formula is C16H20O2. The van der Waals surface area contributed by atoms with Gasteiger partial charge in [-0.2, -0.15) is 0 Å². The molecule has 0 N–H and O–H groups in total. The summed E-state index contributed by atoms with van der Waals surface area (Å²) < 4.78 is 5.91. The Hall–Kier alpha value is -1.57. The average molecular weight is 244 g/mol. The summed E-state index contributed by atoms with van der Waals surface area (Å²) in [6.45, 7) is 8.36. The van der Waals surface area contributed by atoms with Crippen LogP contribution in [0.15, 0.2) is 33.5 Å². The van der Waals surface area contributed by atoms with Crippen LogP contribution >= 0.6 is 0 Å². The summed E-state index contributed by atoms with van der Waals surface area (Å²) in [6, 6.07) is 7.40. The molecule has 0 aliphatic heterocycles. The molecule has 2 rings (SSSR count). The van der Waals surface area contributed by atoms with Crippen LogP contribution in [0.3, 0.4) is 0 Å². The van der Waals surface area contributed by atoms with Crippen molar-refractivity contribution in [2.45, 2.75) is 46.0 Å². The van der Waals surface area contributed by atoms with Gasteiger partial charge in [-0.05, 0) is 25.5 Å². The highest BCUT2D eigenvalue weighted by atomic mass is 16.3. The summed E-state index contributed by atoms with van der Waals surface area (Å²) in [5.41, 5.74) is 1.73. The zero-order valence-electron chi connectivity index (χ0n) is 11.5. The fourth-order valence-corrected chi connectivity index (χ4v) is 2.35. The average Bonchev–Trinajstić information content (AvgIpc) is 2.29. The molecule has 1 aromatic heterocycles. The quantitative estimate of drug-likeness (QED) is 0.810. The second kappa shape index (κ2) is 4.60. The SMILES string of the molecule is CCCC(C)(C)c1cc(=O)c2cc(C)ccc2o1. The second-order valence-electron chi connectivity index (χ2n) is 5.61. The Balaban J connectivity index is 2.63. The third-order valence-corrected chi connectivity index (χ3v) is 3.42. The van der Waals surface area contributed by atoms with Gasteiger partial charge in [0.05, 0.1) is 5.39 Å². The molecule has 0 atom stereocenters. The highest BCUT2D eigenvalue weighted by molar-refractivity contribution is 5.77. The molecule has 0 unspecified atom stereocenters. The molecule has 0 spiro atoms. The molecule has 0 aliphatic rings. The molecule has 0 aliphatic carbocycles. The largest absolute Gasteiger partial charge is 0.460 e. The Morgan fingerprint density at radius 3 is 2.61 bits per heavy atom. The molecular weight excluding hydrogens is 224 g/mol. The van der Waals surface area contributed by atoms with Crippen LogP contribution in [0.2, 0.25) is 0 Å². The van der Waals surface area contributed by atoms with Crippen LogP contribution in [0.5, 0.6) is 0 Å². The highest BCUT2D eigenvalue weighted by Gasteiger charge is 2.23. The topological polar surface area (TPSA) is 30.2 Å². The van der Waals surface area contributed by atoms with Gasteiger partial charge in [-0.3, -0.25) is 4.79 Å². The van der Waals surface area contributed by atoms with Gasteiger partial charge in [0.25, 0.3) is 0 Å². The Labute approximate surface area is 108 Å². The van der Waals surface area contributed by atoms with Crippen LogP contribution < -0.4 is 5.43 Å². The lowest BCUT2D eigenvalue weighted by molar-refractivity contribution is 0.368. The number of benzene rings is 1. The minimum absolute atomic E-state index is 0.0547. The van der Waals surface area contributed by atoms with Crippen LogP contribution in [-0.4, -0.2) is 0 Å². The van der Waals surface area contributed by atoms with E-state index in [4.69, 9.17) is 4.42 Å². The minimum Gasteiger partial charge on any atom is -0.460 e. The maximum Gasteiger partial charge on any atom is 0.192 e. The highest BCUT2D eigenvalue weighted by Crippen LogP contribution is 2.29.